The Hall–Kier alpha value is -1.26. The van der Waals surface area contributed by atoms with Crippen molar-refractivity contribution in [3.8, 4) is 5.75 Å². The van der Waals surface area contributed by atoms with Gasteiger partial charge in [-0.25, -0.2) is 0 Å². The fraction of sp³-hybridized carbons (Fsp3) is 0.600. The van der Waals surface area contributed by atoms with E-state index in [1.807, 2.05) is 18.2 Å². The minimum absolute atomic E-state index is 0.792. The molecular formula is C15H27N3O. The Morgan fingerprint density at radius 3 is 2.47 bits per heavy atom. The Kier molecular flexibility index (Phi) is 6.67. The average molecular weight is 265 g/mol. The van der Waals surface area contributed by atoms with Crippen molar-refractivity contribution in [3.63, 3.8) is 0 Å². The summed E-state index contributed by atoms with van der Waals surface area (Å²) in [5.41, 5.74) is 7.83. The van der Waals surface area contributed by atoms with Crippen LogP contribution in [0.5, 0.6) is 5.75 Å². The number of ether oxygens (including phenoxy) is 1. The zero-order valence-electron chi connectivity index (χ0n) is 12.6. The van der Waals surface area contributed by atoms with E-state index < -0.39 is 0 Å². The molecule has 0 aromatic heterocycles. The van der Waals surface area contributed by atoms with Crippen LogP contribution in [-0.4, -0.2) is 50.6 Å². The summed E-state index contributed by atoms with van der Waals surface area (Å²) in [4.78, 5) is 4.65. The predicted molar refractivity (Wildman–Crippen MR) is 81.5 cm³/mol. The van der Waals surface area contributed by atoms with Crippen molar-refractivity contribution in [2.75, 3.05) is 46.6 Å². The Morgan fingerprint density at radius 1 is 1.16 bits per heavy atom. The number of nitrogens with two attached hydrogens (primary N) is 1. The van der Waals surface area contributed by atoms with E-state index in [9.17, 15) is 0 Å². The van der Waals surface area contributed by atoms with Crippen LogP contribution < -0.4 is 10.5 Å². The molecule has 0 unspecified atom stereocenters. The summed E-state index contributed by atoms with van der Waals surface area (Å²) in [6.07, 6.45) is 1.15. The molecule has 1 aromatic rings. The molecule has 0 saturated heterocycles. The molecule has 0 aliphatic rings. The van der Waals surface area contributed by atoms with E-state index in [2.05, 4.69) is 30.8 Å². The summed E-state index contributed by atoms with van der Waals surface area (Å²) < 4.78 is 5.41. The standard InChI is InChI=1S/C15H27N3O/c1-5-8-18(10-9-17(2)3)12-13-11-14(16)6-7-15(13)19-4/h6-7,11H,5,8-10,12,16H2,1-4H3. The number of benzene rings is 1. The molecule has 0 atom stereocenters. The fourth-order valence-corrected chi connectivity index (χ4v) is 2.09. The van der Waals surface area contributed by atoms with E-state index in [-0.39, 0.29) is 0 Å². The van der Waals surface area contributed by atoms with Gasteiger partial charge in [0.15, 0.2) is 0 Å². The summed E-state index contributed by atoms with van der Waals surface area (Å²) in [5, 5.41) is 0. The van der Waals surface area contributed by atoms with E-state index >= 15 is 0 Å². The lowest BCUT2D eigenvalue weighted by Gasteiger charge is -2.24. The van der Waals surface area contributed by atoms with Gasteiger partial charge in [-0.1, -0.05) is 6.92 Å². The molecule has 0 bridgehead atoms. The second kappa shape index (κ2) is 8.02. The molecule has 0 aliphatic carbocycles. The van der Waals surface area contributed by atoms with Crippen molar-refractivity contribution < 1.29 is 4.74 Å². The maximum Gasteiger partial charge on any atom is 0.123 e. The van der Waals surface area contributed by atoms with Gasteiger partial charge in [-0.2, -0.15) is 0 Å². The van der Waals surface area contributed by atoms with Gasteiger partial charge in [0.05, 0.1) is 7.11 Å². The maximum atomic E-state index is 5.87. The third-order valence-electron chi connectivity index (χ3n) is 3.10. The molecule has 0 fully saturated rings. The van der Waals surface area contributed by atoms with Crippen LogP contribution in [0.1, 0.15) is 18.9 Å². The van der Waals surface area contributed by atoms with Crippen molar-refractivity contribution in [1.82, 2.24) is 9.80 Å². The van der Waals surface area contributed by atoms with Crippen molar-refractivity contribution in [3.05, 3.63) is 23.8 Å². The fourth-order valence-electron chi connectivity index (χ4n) is 2.09. The summed E-state index contributed by atoms with van der Waals surface area (Å²) in [5.74, 6) is 0.917. The second-order valence-electron chi connectivity index (χ2n) is 5.15. The number of likely N-dealkylation sites (N-methyl/N-ethyl adjacent to an activating group) is 1. The SMILES string of the molecule is CCCN(CCN(C)C)Cc1cc(N)ccc1OC. The normalized spacial score (nSPS) is 11.3. The van der Waals surface area contributed by atoms with E-state index in [0.29, 0.717) is 0 Å². The molecule has 0 radical (unpaired) electrons. The van der Waals surface area contributed by atoms with Crippen LogP contribution in [0.15, 0.2) is 18.2 Å². The highest BCUT2D eigenvalue weighted by molar-refractivity contribution is 5.47. The van der Waals surface area contributed by atoms with Crippen LogP contribution in [0.3, 0.4) is 0 Å². The summed E-state index contributed by atoms with van der Waals surface area (Å²) in [6, 6.07) is 5.84. The molecular weight excluding hydrogens is 238 g/mol. The van der Waals surface area contributed by atoms with Gasteiger partial charge in [-0.3, -0.25) is 4.90 Å². The molecule has 4 heteroatoms. The first-order chi connectivity index (χ1) is 9.06. The lowest BCUT2D eigenvalue weighted by atomic mass is 10.1. The minimum atomic E-state index is 0.792. The van der Waals surface area contributed by atoms with Crippen LogP contribution in [0, 0.1) is 0 Å². The number of nitrogen functional groups attached to an aromatic ring is 1. The molecule has 19 heavy (non-hydrogen) atoms. The highest BCUT2D eigenvalue weighted by Gasteiger charge is 2.10. The lowest BCUT2D eigenvalue weighted by Crippen LogP contribution is -2.32. The number of nitrogens with zero attached hydrogens (tertiary/aromatic N) is 2. The van der Waals surface area contributed by atoms with Gasteiger partial charge in [0.1, 0.15) is 5.75 Å². The number of hydrogen-bond acceptors (Lipinski definition) is 4. The molecule has 1 rings (SSSR count). The monoisotopic (exact) mass is 265 g/mol. The Morgan fingerprint density at radius 2 is 1.89 bits per heavy atom. The van der Waals surface area contributed by atoms with Gasteiger partial charge in [-0.05, 0) is 45.3 Å². The quantitative estimate of drug-likeness (QED) is 0.731. The van der Waals surface area contributed by atoms with Crippen LogP contribution in [-0.2, 0) is 6.54 Å². The van der Waals surface area contributed by atoms with Crippen LogP contribution in [0.25, 0.3) is 0 Å². The van der Waals surface area contributed by atoms with Crippen molar-refractivity contribution >= 4 is 5.69 Å². The Labute approximate surface area is 117 Å². The third-order valence-corrected chi connectivity index (χ3v) is 3.10. The summed E-state index contributed by atoms with van der Waals surface area (Å²) in [7, 11) is 5.91. The first kappa shape index (κ1) is 15.8. The first-order valence-corrected chi connectivity index (χ1v) is 6.86. The molecule has 108 valence electrons. The number of hydrogen-bond donors (Lipinski definition) is 1. The van der Waals surface area contributed by atoms with E-state index in [4.69, 9.17) is 10.5 Å². The van der Waals surface area contributed by atoms with Crippen LogP contribution >= 0.6 is 0 Å². The lowest BCUT2D eigenvalue weighted by molar-refractivity contribution is 0.231. The first-order valence-electron chi connectivity index (χ1n) is 6.86. The number of methoxy groups -OCH3 is 1. The van der Waals surface area contributed by atoms with E-state index in [1.54, 1.807) is 7.11 Å². The Bertz CT molecular complexity index is 380. The van der Waals surface area contributed by atoms with Crippen molar-refractivity contribution in [2.45, 2.75) is 19.9 Å². The average Bonchev–Trinajstić information content (AvgIpc) is 2.36. The van der Waals surface area contributed by atoms with E-state index in [0.717, 1.165) is 49.6 Å². The predicted octanol–water partition coefficient (Wildman–Crippen LogP) is 2.05. The molecule has 0 saturated carbocycles. The topological polar surface area (TPSA) is 41.7 Å². The van der Waals surface area contributed by atoms with Crippen LogP contribution in [0.4, 0.5) is 5.69 Å². The molecule has 4 nitrogen and oxygen atoms in total. The zero-order valence-corrected chi connectivity index (χ0v) is 12.6. The number of rotatable bonds is 8. The third kappa shape index (κ3) is 5.49. The number of anilines is 1. The van der Waals surface area contributed by atoms with Gasteiger partial charge in [-0.15, -0.1) is 0 Å². The largest absolute Gasteiger partial charge is 0.496 e. The van der Waals surface area contributed by atoms with Gasteiger partial charge < -0.3 is 15.4 Å². The van der Waals surface area contributed by atoms with Gasteiger partial charge >= 0.3 is 0 Å². The minimum Gasteiger partial charge on any atom is -0.496 e. The van der Waals surface area contributed by atoms with E-state index in [1.165, 1.54) is 0 Å². The zero-order chi connectivity index (χ0) is 14.3. The van der Waals surface area contributed by atoms with Gasteiger partial charge in [0.25, 0.3) is 0 Å². The summed E-state index contributed by atoms with van der Waals surface area (Å²) in [6.45, 7) is 6.30. The molecule has 0 aliphatic heterocycles. The molecule has 1 aromatic carbocycles. The maximum absolute atomic E-state index is 5.87. The molecule has 0 heterocycles. The highest BCUT2D eigenvalue weighted by atomic mass is 16.5. The molecule has 0 spiro atoms. The van der Waals surface area contributed by atoms with Gasteiger partial charge in [0, 0.05) is 30.9 Å². The van der Waals surface area contributed by atoms with Crippen LogP contribution in [0.2, 0.25) is 0 Å². The second-order valence-corrected chi connectivity index (χ2v) is 5.15. The molecule has 0 amide bonds. The molecule has 2 N–H and O–H groups in total. The van der Waals surface area contributed by atoms with Crippen molar-refractivity contribution in [2.24, 2.45) is 0 Å². The van der Waals surface area contributed by atoms with Crippen molar-refractivity contribution in [1.29, 1.82) is 0 Å². The summed E-state index contributed by atoms with van der Waals surface area (Å²) >= 11 is 0. The smallest absolute Gasteiger partial charge is 0.123 e. The Balaban J connectivity index is 2.74. The van der Waals surface area contributed by atoms with Gasteiger partial charge in [0.2, 0.25) is 0 Å². The highest BCUT2D eigenvalue weighted by Crippen LogP contribution is 2.22.